The zero-order chi connectivity index (χ0) is 87.3. The zero-order valence-electron chi connectivity index (χ0n) is 68.5. The van der Waals surface area contributed by atoms with Gasteiger partial charge in [0.05, 0.1) is 23.3 Å². The molecule has 0 N–H and O–H groups in total. The molecular formula is C86H78F12Ir4N22-8. The summed E-state index contributed by atoms with van der Waals surface area (Å²) < 4.78 is 156. The summed E-state index contributed by atoms with van der Waals surface area (Å²) in [4.78, 5) is 41.1. The number of hydrogen-bond donors (Lipinski definition) is 0. The molecule has 0 spiro atoms. The van der Waals surface area contributed by atoms with Crippen LogP contribution >= 0.6 is 0 Å². The minimum Gasteiger partial charge on any atom is -0.573 e. The van der Waals surface area contributed by atoms with E-state index in [0.717, 1.165) is 104 Å². The van der Waals surface area contributed by atoms with Crippen molar-refractivity contribution < 1.29 is 133 Å². The topological polar surface area (TPSA) is 257 Å². The van der Waals surface area contributed by atoms with Crippen molar-refractivity contribution in [3.63, 3.8) is 0 Å². The molecule has 660 valence electrons. The van der Waals surface area contributed by atoms with Gasteiger partial charge < -0.3 is 69.0 Å². The van der Waals surface area contributed by atoms with E-state index in [1.807, 2.05) is 192 Å². The number of imidazole rings is 4. The van der Waals surface area contributed by atoms with Gasteiger partial charge in [-0.1, -0.05) is 112 Å². The fourth-order valence-electron chi connectivity index (χ4n) is 10.3. The van der Waals surface area contributed by atoms with Gasteiger partial charge in [0.25, 0.3) is 0 Å². The van der Waals surface area contributed by atoms with E-state index in [1.54, 1.807) is 97.8 Å². The third kappa shape index (κ3) is 29.5. The number of rotatable bonds is 8. The van der Waals surface area contributed by atoms with E-state index in [-0.39, 0.29) is 114 Å². The van der Waals surface area contributed by atoms with Crippen LogP contribution in [0, 0.1) is 52.0 Å². The van der Waals surface area contributed by atoms with Gasteiger partial charge in [-0.3, -0.25) is 39.9 Å². The van der Waals surface area contributed by atoms with Crippen molar-refractivity contribution >= 4 is 0 Å². The number of benzene rings is 2. The van der Waals surface area contributed by atoms with E-state index in [1.165, 1.54) is 12.4 Å². The Hall–Kier alpha value is -11.2. The maximum Gasteiger partial charge on any atom is 0.431 e. The molecule has 0 bridgehead atoms. The molecule has 0 unspecified atom stereocenters. The molecule has 0 aliphatic heterocycles. The molecule has 14 heterocycles. The molecule has 22 nitrogen and oxygen atoms in total. The number of aryl methyl sites for hydroxylation is 4. The van der Waals surface area contributed by atoms with Gasteiger partial charge in [0.15, 0.2) is 0 Å². The van der Waals surface area contributed by atoms with Crippen LogP contribution in [-0.4, -0.2) is 88.5 Å². The molecular weight excluding hydrogens is 2340 g/mol. The average molecular weight is 2420 g/mol. The molecule has 0 atom stereocenters. The van der Waals surface area contributed by atoms with Gasteiger partial charge in [-0.05, 0) is 122 Å². The summed E-state index contributed by atoms with van der Waals surface area (Å²) in [6, 6.07) is 52.4. The Morgan fingerprint density at radius 1 is 0.282 bits per heavy atom. The van der Waals surface area contributed by atoms with Gasteiger partial charge in [0.2, 0.25) is 0 Å². The summed E-state index contributed by atoms with van der Waals surface area (Å²) in [5, 5.41) is 26.3. The predicted molar refractivity (Wildman–Crippen MR) is 425 cm³/mol. The summed E-state index contributed by atoms with van der Waals surface area (Å²) >= 11 is 0. The first-order chi connectivity index (χ1) is 56.6. The number of pyridine rings is 6. The van der Waals surface area contributed by atoms with E-state index in [0.29, 0.717) is 22.8 Å². The maximum atomic E-state index is 12.5. The Morgan fingerprint density at radius 2 is 0.548 bits per heavy atom. The largest absolute Gasteiger partial charge is 0.573 e. The second-order valence-electron chi connectivity index (χ2n) is 28.2. The zero-order valence-corrected chi connectivity index (χ0v) is 78.1. The molecule has 0 aliphatic rings. The minimum atomic E-state index is -4.48. The molecule has 16 rings (SSSR count). The number of hydrogen-bond acceptors (Lipinski definition) is 14. The molecule has 0 aliphatic carbocycles. The fourth-order valence-corrected chi connectivity index (χ4v) is 10.3. The Labute approximate surface area is 761 Å². The minimum absolute atomic E-state index is 0. The van der Waals surface area contributed by atoms with Gasteiger partial charge in [0, 0.05) is 204 Å². The number of alkyl halides is 12. The van der Waals surface area contributed by atoms with Crippen molar-refractivity contribution in [1.29, 1.82) is 0 Å². The molecule has 0 amide bonds. The van der Waals surface area contributed by atoms with E-state index in [9.17, 15) is 52.7 Å². The second-order valence-corrected chi connectivity index (χ2v) is 28.2. The predicted octanol–water partition coefficient (Wildman–Crippen LogP) is 18.6. The summed E-state index contributed by atoms with van der Waals surface area (Å²) in [6.45, 7) is 20.2. The van der Waals surface area contributed by atoms with Gasteiger partial charge in [0.1, 0.15) is 22.8 Å². The number of aromatic nitrogens is 22. The van der Waals surface area contributed by atoms with E-state index < -0.39 is 47.5 Å². The SMILES string of the molecule is CC(C)(C)c1ccnc(-c2cc(C(F)(F)F)n[n-]2)c1.CC(C)(C)c1ccnc(-c2cc(C(F)(F)F)n[n-]2)c1.Cc1cnc(-c2[c-]cccc2)n1C.Cc1cnc(-c2[c-]cccc2)n1C.Cc1cnc(-c2[c-]ccnc2)n1C.Cc1cnc(-c2[c-]ccnc2)n1C.FC(F)(F)c1cc(-c2ccccn2)[n-]n1.FC(F)(F)c1cc(-c2ccccn2)[n-]n1.[Ir].[Ir].[Ir].[Ir]. The van der Waals surface area contributed by atoms with Gasteiger partial charge in [-0.15, -0.1) is 96.1 Å². The van der Waals surface area contributed by atoms with Crippen molar-refractivity contribution in [3.8, 4) is 91.1 Å². The van der Waals surface area contributed by atoms with Crippen LogP contribution in [0.2, 0.25) is 0 Å². The third-order valence-electron chi connectivity index (χ3n) is 17.4. The van der Waals surface area contributed by atoms with Crippen LogP contribution in [0.4, 0.5) is 52.7 Å². The first kappa shape index (κ1) is 103. The summed E-state index contributed by atoms with van der Waals surface area (Å²) in [6.07, 6.45) is 2.60. The maximum absolute atomic E-state index is 12.5. The molecule has 124 heavy (non-hydrogen) atoms. The Morgan fingerprint density at radius 3 is 0.766 bits per heavy atom. The molecule has 0 saturated heterocycles. The van der Waals surface area contributed by atoms with Gasteiger partial charge in [-0.25, -0.2) is 0 Å². The van der Waals surface area contributed by atoms with Crippen LogP contribution in [0.5, 0.6) is 0 Å². The van der Waals surface area contributed by atoms with Gasteiger partial charge in [-0.2, -0.15) is 52.7 Å². The van der Waals surface area contributed by atoms with Crippen LogP contribution < -0.4 is 20.4 Å². The van der Waals surface area contributed by atoms with Gasteiger partial charge >= 0.3 is 24.7 Å². The average Bonchev–Trinajstić information content (AvgIpc) is 1.53. The first-order valence-corrected chi connectivity index (χ1v) is 36.2. The third-order valence-corrected chi connectivity index (χ3v) is 17.4. The van der Waals surface area contributed by atoms with Crippen molar-refractivity contribution in [2.45, 2.75) is 105 Å². The van der Waals surface area contributed by atoms with Crippen LogP contribution in [0.25, 0.3) is 91.1 Å². The number of nitrogens with zero attached hydrogens (tertiary/aromatic N) is 22. The van der Waals surface area contributed by atoms with Crippen LogP contribution in [0.3, 0.4) is 0 Å². The molecule has 38 heteroatoms. The van der Waals surface area contributed by atoms with Crippen LogP contribution in [0.15, 0.2) is 220 Å². The standard InChI is InChI=1S/2C13H13F3N3.2C11H11N2.2C10H10N3.2C9H5F3N3.4Ir/c2*1-12(2,3)8-4-5-17-9(6-8)10-7-11(19-18-10)13(14,15)16;2*1-9-8-12-11(13(9)2)10-6-4-3-5-7-10;2*1-8-6-12-10(13(8)2)9-4-3-5-11-7-9;2*10-9(11,12)8-5-7(14-15-8)6-3-1-2-4-13-6;;;;/h2*4-7H,1-3H3;2*3-6,8H,1-2H3;2*3,5-7H,1-2H3;2*1-5H;;;;/q8*-1;;;;. The Kier molecular flexibility index (Phi) is 38.3. The summed E-state index contributed by atoms with van der Waals surface area (Å²) in [5.74, 6) is 3.76. The van der Waals surface area contributed by atoms with E-state index in [4.69, 9.17) is 0 Å². The van der Waals surface area contributed by atoms with Crippen molar-refractivity contribution in [1.82, 2.24) is 109 Å². The van der Waals surface area contributed by atoms with E-state index >= 15 is 0 Å². The normalized spacial score (nSPS) is 11.0. The molecule has 0 fully saturated rings. The fraction of sp³-hybridized carbons (Fsp3) is 0.233. The summed E-state index contributed by atoms with van der Waals surface area (Å²) in [7, 11) is 7.99. The van der Waals surface area contributed by atoms with Crippen LogP contribution in [0.1, 0.15) is 98.2 Å². The van der Waals surface area contributed by atoms with Crippen molar-refractivity contribution in [3.05, 3.63) is 301 Å². The smallest absolute Gasteiger partial charge is 0.431 e. The Bertz CT molecular complexity index is 5310. The quantitative estimate of drug-likeness (QED) is 0.101. The van der Waals surface area contributed by atoms with Crippen LogP contribution in [-0.2, 0) is 144 Å². The Balaban J connectivity index is 0.000000252. The molecule has 4 radical (unpaired) electrons. The van der Waals surface area contributed by atoms with Crippen molar-refractivity contribution in [2.24, 2.45) is 28.2 Å². The first-order valence-electron chi connectivity index (χ1n) is 36.2. The molecule has 2 aromatic carbocycles. The molecule has 0 saturated carbocycles. The van der Waals surface area contributed by atoms with E-state index in [2.05, 4.69) is 124 Å². The molecule has 16 aromatic rings. The second kappa shape index (κ2) is 45.9. The number of halogens is 12. The monoisotopic (exact) mass is 2420 g/mol. The summed E-state index contributed by atoms with van der Waals surface area (Å²) in [5.41, 5.74) is 8.36. The van der Waals surface area contributed by atoms with Crippen molar-refractivity contribution in [2.75, 3.05) is 0 Å². The molecule has 14 aromatic heterocycles.